The molecular weight excluding hydrogens is 254 g/mol. The average molecular weight is 281 g/mol. The highest BCUT2D eigenvalue weighted by Gasteiger charge is 2.32. The molecule has 0 spiro atoms. The van der Waals surface area contributed by atoms with E-state index in [-0.39, 0.29) is 0 Å². The van der Waals surface area contributed by atoms with Crippen molar-refractivity contribution in [2.75, 3.05) is 18.0 Å². The van der Waals surface area contributed by atoms with E-state index >= 15 is 0 Å². The summed E-state index contributed by atoms with van der Waals surface area (Å²) in [5.41, 5.74) is 7.59. The SMILES string of the molecule is CCc1nc(N2CCC(CC)(CC)CC2)sc1CN. The summed E-state index contributed by atoms with van der Waals surface area (Å²) in [6, 6.07) is 0. The van der Waals surface area contributed by atoms with Crippen LogP contribution in [-0.4, -0.2) is 18.1 Å². The van der Waals surface area contributed by atoms with Crippen LogP contribution in [0.1, 0.15) is 57.0 Å². The van der Waals surface area contributed by atoms with Gasteiger partial charge in [-0.2, -0.15) is 0 Å². The third-order valence-corrected chi connectivity index (χ3v) is 6.06. The van der Waals surface area contributed by atoms with Gasteiger partial charge in [-0.3, -0.25) is 0 Å². The van der Waals surface area contributed by atoms with E-state index in [4.69, 9.17) is 10.7 Å². The highest BCUT2D eigenvalue weighted by atomic mass is 32.1. The molecule has 2 rings (SSSR count). The first-order valence-electron chi connectivity index (χ1n) is 7.61. The minimum Gasteiger partial charge on any atom is -0.348 e. The standard InChI is InChI=1S/C15H27N3S/c1-4-12-13(11-16)19-14(17-12)18-9-7-15(5-2,6-3)8-10-18/h4-11,16H2,1-3H3. The lowest BCUT2D eigenvalue weighted by molar-refractivity contribution is 0.199. The lowest BCUT2D eigenvalue weighted by Crippen LogP contribution is -2.39. The summed E-state index contributed by atoms with van der Waals surface area (Å²) in [5.74, 6) is 0. The molecule has 3 nitrogen and oxygen atoms in total. The van der Waals surface area contributed by atoms with Crippen LogP contribution in [0.4, 0.5) is 5.13 Å². The van der Waals surface area contributed by atoms with Gasteiger partial charge in [-0.25, -0.2) is 4.98 Å². The Morgan fingerprint density at radius 3 is 2.26 bits per heavy atom. The van der Waals surface area contributed by atoms with Gasteiger partial charge in [0.05, 0.1) is 5.69 Å². The van der Waals surface area contributed by atoms with Gasteiger partial charge in [0, 0.05) is 24.5 Å². The first kappa shape index (κ1) is 14.8. The number of aryl methyl sites for hydroxylation is 1. The van der Waals surface area contributed by atoms with Crippen LogP contribution >= 0.6 is 11.3 Å². The number of hydrogen-bond donors (Lipinski definition) is 1. The molecule has 108 valence electrons. The van der Waals surface area contributed by atoms with Crippen molar-refractivity contribution in [1.29, 1.82) is 0 Å². The van der Waals surface area contributed by atoms with Crippen LogP contribution in [0.3, 0.4) is 0 Å². The van der Waals surface area contributed by atoms with Crippen LogP contribution in [-0.2, 0) is 13.0 Å². The third kappa shape index (κ3) is 2.95. The summed E-state index contributed by atoms with van der Waals surface area (Å²) < 4.78 is 0. The summed E-state index contributed by atoms with van der Waals surface area (Å²) in [5, 5.41) is 1.19. The Labute approximate surface area is 121 Å². The molecule has 0 atom stereocenters. The van der Waals surface area contributed by atoms with E-state index in [1.165, 1.54) is 41.4 Å². The molecule has 1 fully saturated rings. The van der Waals surface area contributed by atoms with Crippen molar-refractivity contribution in [3.05, 3.63) is 10.6 Å². The number of aromatic nitrogens is 1. The van der Waals surface area contributed by atoms with Crippen LogP contribution in [0.25, 0.3) is 0 Å². The van der Waals surface area contributed by atoms with Gasteiger partial charge in [0.2, 0.25) is 0 Å². The lowest BCUT2D eigenvalue weighted by Gasteiger charge is -2.41. The normalized spacial score (nSPS) is 18.8. The van der Waals surface area contributed by atoms with Crippen LogP contribution in [0.15, 0.2) is 0 Å². The van der Waals surface area contributed by atoms with Crippen molar-refractivity contribution in [2.24, 2.45) is 11.1 Å². The number of piperidine rings is 1. The van der Waals surface area contributed by atoms with Gasteiger partial charge in [-0.15, -0.1) is 11.3 Å². The maximum absolute atomic E-state index is 5.81. The molecule has 0 saturated carbocycles. The minimum absolute atomic E-state index is 0.581. The van der Waals surface area contributed by atoms with Crippen molar-refractivity contribution in [1.82, 2.24) is 4.98 Å². The highest BCUT2D eigenvalue weighted by Crippen LogP contribution is 2.40. The second kappa shape index (κ2) is 6.23. The molecule has 0 amide bonds. The molecule has 1 aromatic heterocycles. The topological polar surface area (TPSA) is 42.2 Å². The Balaban J connectivity index is 2.07. The Bertz CT molecular complexity index is 378. The molecule has 2 heterocycles. The number of nitrogens with zero attached hydrogens (tertiary/aromatic N) is 2. The molecular formula is C15H27N3S. The van der Waals surface area contributed by atoms with Gasteiger partial charge in [0.1, 0.15) is 0 Å². The Hall–Kier alpha value is -0.610. The second-order valence-electron chi connectivity index (χ2n) is 5.62. The van der Waals surface area contributed by atoms with E-state index < -0.39 is 0 Å². The maximum Gasteiger partial charge on any atom is 0.185 e. The average Bonchev–Trinajstić information content (AvgIpc) is 2.90. The van der Waals surface area contributed by atoms with Crippen molar-refractivity contribution >= 4 is 16.5 Å². The smallest absolute Gasteiger partial charge is 0.185 e. The van der Waals surface area contributed by atoms with E-state index in [0.29, 0.717) is 12.0 Å². The first-order valence-corrected chi connectivity index (χ1v) is 8.43. The molecule has 0 radical (unpaired) electrons. The number of nitrogens with two attached hydrogens (primary N) is 1. The van der Waals surface area contributed by atoms with Gasteiger partial charge in [-0.1, -0.05) is 33.6 Å². The quantitative estimate of drug-likeness (QED) is 0.897. The predicted octanol–water partition coefficient (Wildman–Crippen LogP) is 3.57. The fourth-order valence-electron chi connectivity index (χ4n) is 3.07. The fourth-order valence-corrected chi connectivity index (χ4v) is 4.15. The molecule has 1 aliphatic heterocycles. The van der Waals surface area contributed by atoms with Crippen LogP contribution in [0, 0.1) is 5.41 Å². The summed E-state index contributed by atoms with van der Waals surface area (Å²) >= 11 is 1.80. The van der Waals surface area contributed by atoms with Crippen molar-refractivity contribution < 1.29 is 0 Å². The molecule has 19 heavy (non-hydrogen) atoms. The Morgan fingerprint density at radius 2 is 1.84 bits per heavy atom. The number of thiazole rings is 1. The molecule has 0 bridgehead atoms. The van der Waals surface area contributed by atoms with Crippen molar-refractivity contribution in [3.8, 4) is 0 Å². The molecule has 1 saturated heterocycles. The zero-order chi connectivity index (χ0) is 13.9. The van der Waals surface area contributed by atoms with Gasteiger partial charge in [-0.05, 0) is 24.7 Å². The molecule has 0 unspecified atom stereocenters. The van der Waals surface area contributed by atoms with E-state index in [2.05, 4.69) is 25.7 Å². The monoisotopic (exact) mass is 281 g/mol. The summed E-state index contributed by atoms with van der Waals surface area (Å²) in [6.07, 6.45) is 6.22. The summed E-state index contributed by atoms with van der Waals surface area (Å²) in [6.45, 7) is 9.77. The van der Waals surface area contributed by atoms with E-state index in [1.54, 1.807) is 11.3 Å². The molecule has 4 heteroatoms. The van der Waals surface area contributed by atoms with Crippen LogP contribution in [0.2, 0.25) is 0 Å². The van der Waals surface area contributed by atoms with Crippen molar-refractivity contribution in [2.45, 2.75) is 59.4 Å². The Morgan fingerprint density at radius 1 is 1.21 bits per heavy atom. The van der Waals surface area contributed by atoms with Gasteiger partial charge >= 0.3 is 0 Å². The van der Waals surface area contributed by atoms with E-state index in [0.717, 1.165) is 19.5 Å². The zero-order valence-electron chi connectivity index (χ0n) is 12.5. The molecule has 2 N–H and O–H groups in total. The summed E-state index contributed by atoms with van der Waals surface area (Å²) in [7, 11) is 0. The van der Waals surface area contributed by atoms with Crippen molar-refractivity contribution in [3.63, 3.8) is 0 Å². The lowest BCUT2D eigenvalue weighted by atomic mass is 9.74. The second-order valence-corrected chi connectivity index (χ2v) is 6.68. The van der Waals surface area contributed by atoms with Crippen LogP contribution < -0.4 is 10.6 Å². The fraction of sp³-hybridized carbons (Fsp3) is 0.800. The van der Waals surface area contributed by atoms with E-state index in [9.17, 15) is 0 Å². The van der Waals surface area contributed by atoms with Gasteiger partial charge < -0.3 is 10.6 Å². The number of anilines is 1. The van der Waals surface area contributed by atoms with Gasteiger partial charge in [0.25, 0.3) is 0 Å². The van der Waals surface area contributed by atoms with Crippen LogP contribution in [0.5, 0.6) is 0 Å². The number of hydrogen-bond acceptors (Lipinski definition) is 4. The Kier molecular flexibility index (Phi) is 4.85. The minimum atomic E-state index is 0.581. The molecule has 1 aliphatic rings. The van der Waals surface area contributed by atoms with E-state index in [1.807, 2.05) is 0 Å². The highest BCUT2D eigenvalue weighted by molar-refractivity contribution is 7.15. The third-order valence-electron chi connectivity index (χ3n) is 4.88. The molecule has 0 aromatic carbocycles. The zero-order valence-corrected chi connectivity index (χ0v) is 13.4. The summed E-state index contributed by atoms with van der Waals surface area (Å²) in [4.78, 5) is 8.52. The number of rotatable bonds is 5. The van der Waals surface area contributed by atoms with Gasteiger partial charge in [0.15, 0.2) is 5.13 Å². The molecule has 1 aromatic rings. The largest absolute Gasteiger partial charge is 0.348 e. The molecule has 0 aliphatic carbocycles. The predicted molar refractivity (Wildman–Crippen MR) is 83.8 cm³/mol. The maximum atomic E-state index is 5.81. The first-order chi connectivity index (χ1) is 9.18.